The minimum Gasteiger partial charge on any atom is -0.370 e. The quantitative estimate of drug-likeness (QED) is 0.556. The zero-order valence-corrected chi connectivity index (χ0v) is 16.6. The van der Waals surface area contributed by atoms with Gasteiger partial charge in [-0.2, -0.15) is 0 Å². The Balaban J connectivity index is 1.35. The van der Waals surface area contributed by atoms with Gasteiger partial charge in [0, 0.05) is 42.0 Å². The average Bonchev–Trinajstić information content (AvgIpc) is 3.24. The third kappa shape index (κ3) is 4.88. The number of hydrogen-bond donors (Lipinski definition) is 2. The van der Waals surface area contributed by atoms with E-state index in [1.807, 2.05) is 36.5 Å². The fraction of sp³-hybridized carbons (Fsp3) is 0.381. The maximum Gasteiger partial charge on any atom is 0.223 e. The number of anilines is 2. The van der Waals surface area contributed by atoms with Crippen molar-refractivity contribution < 1.29 is 0 Å². The number of nitrogens with zero attached hydrogens (tertiary/aromatic N) is 4. The van der Waals surface area contributed by atoms with E-state index in [2.05, 4.69) is 30.5 Å². The predicted octanol–water partition coefficient (Wildman–Crippen LogP) is 4.19. The standard InChI is InChI=1S/C21H25ClN6/c22-18-7-2-1-6-16(18)13-25-21-26-15-17-14-24-20(12-19(17)27-21)23-8-5-11-28-9-3-4-10-28/h1-2,6-7,12,14-15H,3-5,8-11,13H2,(H,23,24)(H,25,26,27). The zero-order chi connectivity index (χ0) is 19.2. The number of pyridine rings is 1. The topological polar surface area (TPSA) is 66.0 Å². The highest BCUT2D eigenvalue weighted by molar-refractivity contribution is 6.31. The van der Waals surface area contributed by atoms with Gasteiger partial charge in [-0.05, 0) is 50.5 Å². The molecule has 3 aromatic rings. The zero-order valence-electron chi connectivity index (χ0n) is 15.9. The lowest BCUT2D eigenvalue weighted by atomic mass is 10.2. The largest absolute Gasteiger partial charge is 0.370 e. The first-order chi connectivity index (χ1) is 13.8. The third-order valence-corrected chi connectivity index (χ3v) is 5.38. The van der Waals surface area contributed by atoms with Crippen LogP contribution < -0.4 is 10.6 Å². The molecule has 3 heterocycles. The summed E-state index contributed by atoms with van der Waals surface area (Å²) in [5, 5.41) is 8.31. The van der Waals surface area contributed by atoms with Crippen LogP contribution in [0.25, 0.3) is 10.9 Å². The van der Waals surface area contributed by atoms with Gasteiger partial charge in [-0.25, -0.2) is 15.0 Å². The summed E-state index contributed by atoms with van der Waals surface area (Å²) >= 11 is 6.21. The van der Waals surface area contributed by atoms with Crippen LogP contribution in [0.2, 0.25) is 5.02 Å². The lowest BCUT2D eigenvalue weighted by Gasteiger charge is -2.14. The molecule has 1 aliphatic rings. The summed E-state index contributed by atoms with van der Waals surface area (Å²) in [6.45, 7) is 5.14. The maximum absolute atomic E-state index is 6.21. The van der Waals surface area contributed by atoms with Crippen LogP contribution in [0.4, 0.5) is 11.8 Å². The van der Waals surface area contributed by atoms with Gasteiger partial charge in [-0.1, -0.05) is 29.8 Å². The van der Waals surface area contributed by atoms with E-state index in [9.17, 15) is 0 Å². The van der Waals surface area contributed by atoms with E-state index < -0.39 is 0 Å². The van der Waals surface area contributed by atoms with Gasteiger partial charge in [0.25, 0.3) is 0 Å². The van der Waals surface area contributed by atoms with Gasteiger partial charge in [0.05, 0.1) is 5.52 Å². The predicted molar refractivity (Wildman–Crippen MR) is 115 cm³/mol. The molecular formula is C21H25ClN6. The Kier molecular flexibility index (Phi) is 6.19. The summed E-state index contributed by atoms with van der Waals surface area (Å²) in [6, 6.07) is 9.74. The monoisotopic (exact) mass is 396 g/mol. The maximum atomic E-state index is 6.21. The van der Waals surface area contributed by atoms with Crippen molar-refractivity contribution in [1.82, 2.24) is 19.9 Å². The number of fused-ring (bicyclic) bond motifs is 1. The molecule has 7 heteroatoms. The molecule has 4 rings (SSSR count). The molecule has 1 aromatic carbocycles. The van der Waals surface area contributed by atoms with Gasteiger partial charge >= 0.3 is 0 Å². The Labute approximate surface area is 170 Å². The van der Waals surface area contributed by atoms with Crippen molar-refractivity contribution in [3.63, 3.8) is 0 Å². The molecule has 1 aliphatic heterocycles. The minimum atomic E-state index is 0.581. The number of halogens is 1. The van der Waals surface area contributed by atoms with Crippen molar-refractivity contribution in [3.8, 4) is 0 Å². The molecule has 0 spiro atoms. The number of aromatic nitrogens is 3. The minimum absolute atomic E-state index is 0.581. The van der Waals surface area contributed by atoms with Gasteiger partial charge in [0.2, 0.25) is 5.95 Å². The molecule has 6 nitrogen and oxygen atoms in total. The van der Waals surface area contributed by atoms with Gasteiger partial charge in [0.1, 0.15) is 5.82 Å². The lowest BCUT2D eigenvalue weighted by Crippen LogP contribution is -2.22. The van der Waals surface area contributed by atoms with Crippen molar-refractivity contribution >= 4 is 34.3 Å². The van der Waals surface area contributed by atoms with Gasteiger partial charge < -0.3 is 15.5 Å². The normalized spacial score (nSPS) is 14.5. The molecule has 146 valence electrons. The summed E-state index contributed by atoms with van der Waals surface area (Å²) in [5.74, 6) is 1.43. The number of hydrogen-bond acceptors (Lipinski definition) is 6. The number of nitrogens with one attached hydrogen (secondary N) is 2. The van der Waals surface area contributed by atoms with E-state index in [0.29, 0.717) is 12.5 Å². The fourth-order valence-corrected chi connectivity index (χ4v) is 3.65. The second-order valence-electron chi connectivity index (χ2n) is 7.10. The number of rotatable bonds is 8. The average molecular weight is 397 g/mol. The molecule has 0 atom stereocenters. The van der Waals surface area contributed by atoms with Crippen LogP contribution in [0.15, 0.2) is 42.7 Å². The van der Waals surface area contributed by atoms with Crippen molar-refractivity contribution in [3.05, 3.63) is 53.3 Å². The van der Waals surface area contributed by atoms with E-state index in [1.54, 1.807) is 6.20 Å². The molecule has 2 aromatic heterocycles. The first-order valence-electron chi connectivity index (χ1n) is 9.84. The summed E-state index contributed by atoms with van der Waals surface area (Å²) in [7, 11) is 0. The molecule has 0 amide bonds. The van der Waals surface area contributed by atoms with Crippen LogP contribution in [0.5, 0.6) is 0 Å². The van der Waals surface area contributed by atoms with E-state index in [1.165, 1.54) is 25.9 Å². The van der Waals surface area contributed by atoms with E-state index in [-0.39, 0.29) is 0 Å². The summed E-state index contributed by atoms with van der Waals surface area (Å²) in [6.07, 6.45) is 7.41. The molecule has 0 aliphatic carbocycles. The van der Waals surface area contributed by atoms with Crippen molar-refractivity contribution in [2.24, 2.45) is 0 Å². The van der Waals surface area contributed by atoms with Crippen LogP contribution in [0, 0.1) is 0 Å². The van der Waals surface area contributed by atoms with Crippen LogP contribution in [0.3, 0.4) is 0 Å². The molecule has 0 radical (unpaired) electrons. The highest BCUT2D eigenvalue weighted by Gasteiger charge is 2.10. The van der Waals surface area contributed by atoms with Crippen molar-refractivity contribution in [2.75, 3.05) is 36.8 Å². The van der Waals surface area contributed by atoms with Crippen LogP contribution in [0.1, 0.15) is 24.8 Å². The Morgan fingerprint density at radius 3 is 2.71 bits per heavy atom. The first kappa shape index (κ1) is 18.9. The van der Waals surface area contributed by atoms with Gasteiger partial charge in [-0.15, -0.1) is 0 Å². The van der Waals surface area contributed by atoms with Crippen LogP contribution >= 0.6 is 11.6 Å². The highest BCUT2D eigenvalue weighted by Crippen LogP contribution is 2.18. The van der Waals surface area contributed by atoms with Crippen molar-refractivity contribution in [1.29, 1.82) is 0 Å². The Hall–Kier alpha value is -2.44. The van der Waals surface area contributed by atoms with Gasteiger partial charge in [-0.3, -0.25) is 0 Å². The summed E-state index contributed by atoms with van der Waals surface area (Å²) < 4.78 is 0. The Morgan fingerprint density at radius 2 is 1.86 bits per heavy atom. The smallest absolute Gasteiger partial charge is 0.223 e. The lowest BCUT2D eigenvalue weighted by molar-refractivity contribution is 0.337. The number of likely N-dealkylation sites (tertiary alicyclic amines) is 1. The highest BCUT2D eigenvalue weighted by atomic mass is 35.5. The Bertz CT molecular complexity index is 926. The first-order valence-corrected chi connectivity index (χ1v) is 10.2. The SMILES string of the molecule is Clc1ccccc1CNc1ncc2cnc(NCCCN3CCCC3)cc2n1. The van der Waals surface area contributed by atoms with E-state index in [0.717, 1.165) is 46.8 Å². The summed E-state index contributed by atoms with van der Waals surface area (Å²) in [4.78, 5) is 16.0. The molecule has 0 unspecified atom stereocenters. The number of benzene rings is 1. The molecular weight excluding hydrogens is 372 g/mol. The van der Waals surface area contributed by atoms with E-state index >= 15 is 0 Å². The molecule has 0 saturated carbocycles. The van der Waals surface area contributed by atoms with Gasteiger partial charge in [0.15, 0.2) is 0 Å². The summed E-state index contributed by atoms with van der Waals surface area (Å²) in [5.41, 5.74) is 1.89. The molecule has 0 bridgehead atoms. The molecule has 1 saturated heterocycles. The molecule has 28 heavy (non-hydrogen) atoms. The second kappa shape index (κ2) is 9.17. The fourth-order valence-electron chi connectivity index (χ4n) is 3.45. The molecule has 1 fully saturated rings. The van der Waals surface area contributed by atoms with E-state index in [4.69, 9.17) is 11.6 Å². The van der Waals surface area contributed by atoms with Crippen LogP contribution in [-0.4, -0.2) is 46.0 Å². The van der Waals surface area contributed by atoms with Crippen molar-refractivity contribution in [2.45, 2.75) is 25.8 Å². The molecule has 2 N–H and O–H groups in total. The second-order valence-corrected chi connectivity index (χ2v) is 7.50. The Morgan fingerprint density at radius 1 is 1.04 bits per heavy atom. The van der Waals surface area contributed by atoms with Crippen LogP contribution in [-0.2, 0) is 6.54 Å². The third-order valence-electron chi connectivity index (χ3n) is 5.01.